The number of carbonyl (C=O) groups excluding carboxylic acids is 1. The van der Waals surface area contributed by atoms with Crippen molar-refractivity contribution in [1.29, 1.82) is 0 Å². The number of carboxylic acid groups (broad SMARTS) is 1. The van der Waals surface area contributed by atoms with Crippen molar-refractivity contribution in [3.05, 3.63) is 29.3 Å². The molecule has 0 fully saturated rings. The molecule has 1 N–H and O–H groups in total. The topological polar surface area (TPSA) is 57.6 Å². The van der Waals surface area contributed by atoms with Crippen molar-refractivity contribution in [2.45, 2.75) is 6.92 Å². The highest BCUT2D eigenvalue weighted by atomic mass is 16.4. The van der Waals surface area contributed by atoms with Gasteiger partial charge in [0.05, 0.1) is 0 Å². The number of nitrogens with zero attached hydrogens (tertiary/aromatic N) is 1. The van der Waals surface area contributed by atoms with Gasteiger partial charge >= 0.3 is 5.97 Å². The fourth-order valence-electron chi connectivity index (χ4n) is 1.32. The van der Waals surface area contributed by atoms with Crippen molar-refractivity contribution in [2.75, 3.05) is 18.5 Å². The molecule has 4 nitrogen and oxygen atoms in total. The molecule has 0 amide bonds. The second-order valence-electron chi connectivity index (χ2n) is 3.41. The van der Waals surface area contributed by atoms with Gasteiger partial charge in [0.2, 0.25) is 0 Å². The van der Waals surface area contributed by atoms with Gasteiger partial charge in [0, 0.05) is 18.3 Å². The highest BCUT2D eigenvalue weighted by Crippen LogP contribution is 2.16. The van der Waals surface area contributed by atoms with Crippen LogP contribution in [0.15, 0.2) is 18.2 Å². The summed E-state index contributed by atoms with van der Waals surface area (Å²) in [5.41, 5.74) is 2.27. The van der Waals surface area contributed by atoms with E-state index in [4.69, 9.17) is 5.11 Å². The van der Waals surface area contributed by atoms with Crippen molar-refractivity contribution in [1.82, 2.24) is 0 Å². The third-order valence-corrected chi connectivity index (χ3v) is 2.19. The van der Waals surface area contributed by atoms with Crippen LogP contribution in [-0.4, -0.2) is 31.0 Å². The predicted molar refractivity (Wildman–Crippen MR) is 57.5 cm³/mol. The lowest BCUT2D eigenvalue weighted by atomic mass is 10.1. The quantitative estimate of drug-likeness (QED) is 0.757. The number of carboxylic acids is 1. The first kappa shape index (κ1) is 11.2. The molecule has 0 aliphatic heterocycles. The van der Waals surface area contributed by atoms with E-state index in [0.717, 1.165) is 17.5 Å². The third kappa shape index (κ3) is 2.80. The van der Waals surface area contributed by atoms with Crippen LogP contribution in [0, 0.1) is 6.92 Å². The lowest BCUT2D eigenvalue weighted by Gasteiger charge is -2.17. The van der Waals surface area contributed by atoms with E-state index < -0.39 is 5.97 Å². The molecule has 0 radical (unpaired) electrons. The maximum Gasteiger partial charge on any atom is 0.323 e. The van der Waals surface area contributed by atoms with Gasteiger partial charge in [-0.25, -0.2) is 0 Å². The molecule has 1 rings (SSSR count). The van der Waals surface area contributed by atoms with Crippen molar-refractivity contribution in [2.24, 2.45) is 0 Å². The fraction of sp³-hybridized carbons (Fsp3) is 0.273. The van der Waals surface area contributed by atoms with Crippen LogP contribution in [0.2, 0.25) is 0 Å². The van der Waals surface area contributed by atoms with Crippen molar-refractivity contribution in [3.8, 4) is 0 Å². The van der Waals surface area contributed by atoms with E-state index in [0.29, 0.717) is 5.56 Å². The van der Waals surface area contributed by atoms with Crippen LogP contribution in [0.5, 0.6) is 0 Å². The third-order valence-electron chi connectivity index (χ3n) is 2.19. The number of aryl methyl sites for hydroxylation is 1. The van der Waals surface area contributed by atoms with Gasteiger partial charge in [-0.1, -0.05) is 0 Å². The Balaban J connectivity index is 2.91. The molecule has 0 saturated heterocycles. The van der Waals surface area contributed by atoms with Crippen LogP contribution < -0.4 is 4.90 Å². The largest absolute Gasteiger partial charge is 0.480 e. The summed E-state index contributed by atoms with van der Waals surface area (Å²) in [6.07, 6.45) is 0.788. The maximum absolute atomic E-state index is 10.6. The second kappa shape index (κ2) is 4.59. The standard InChI is InChI=1S/C11H13NO3/c1-8-5-10(4-3-9(8)7-13)12(2)6-11(14)15/h3-5,7H,6H2,1-2H3,(H,14,15). The van der Waals surface area contributed by atoms with E-state index in [1.54, 1.807) is 30.1 Å². The molecule has 0 aromatic heterocycles. The molecule has 0 spiro atoms. The SMILES string of the molecule is Cc1cc(N(C)CC(=O)O)ccc1C=O. The first-order valence-corrected chi connectivity index (χ1v) is 4.53. The number of aldehydes is 1. The van der Waals surface area contributed by atoms with Gasteiger partial charge in [-0.2, -0.15) is 0 Å². The average molecular weight is 207 g/mol. The lowest BCUT2D eigenvalue weighted by molar-refractivity contribution is -0.135. The fourth-order valence-corrected chi connectivity index (χ4v) is 1.32. The Morgan fingerprint density at radius 1 is 1.53 bits per heavy atom. The van der Waals surface area contributed by atoms with Gasteiger partial charge in [-0.3, -0.25) is 9.59 Å². The molecule has 0 heterocycles. The first-order chi connectivity index (χ1) is 7.04. The minimum absolute atomic E-state index is 0.0557. The summed E-state index contributed by atoms with van der Waals surface area (Å²) in [6.45, 7) is 1.77. The monoisotopic (exact) mass is 207 g/mol. The number of anilines is 1. The summed E-state index contributed by atoms with van der Waals surface area (Å²) < 4.78 is 0. The first-order valence-electron chi connectivity index (χ1n) is 4.53. The smallest absolute Gasteiger partial charge is 0.323 e. The van der Waals surface area contributed by atoms with E-state index in [1.165, 1.54) is 0 Å². The molecular formula is C11H13NO3. The lowest BCUT2D eigenvalue weighted by Crippen LogP contribution is -2.25. The molecule has 0 atom stereocenters. The molecule has 0 saturated carbocycles. The Kier molecular flexibility index (Phi) is 3.44. The Morgan fingerprint density at radius 2 is 2.20 bits per heavy atom. The summed E-state index contributed by atoms with van der Waals surface area (Å²) in [4.78, 5) is 22.7. The van der Waals surface area contributed by atoms with Gasteiger partial charge in [-0.15, -0.1) is 0 Å². The van der Waals surface area contributed by atoms with Gasteiger partial charge in [0.25, 0.3) is 0 Å². The van der Waals surface area contributed by atoms with Crippen LogP contribution in [0.1, 0.15) is 15.9 Å². The van der Waals surface area contributed by atoms with Crippen LogP contribution in [-0.2, 0) is 4.79 Å². The zero-order valence-corrected chi connectivity index (χ0v) is 8.73. The van der Waals surface area contributed by atoms with E-state index in [9.17, 15) is 9.59 Å². The van der Waals surface area contributed by atoms with Gasteiger partial charge in [0.1, 0.15) is 12.8 Å². The van der Waals surface area contributed by atoms with E-state index >= 15 is 0 Å². The maximum atomic E-state index is 10.6. The molecule has 15 heavy (non-hydrogen) atoms. The molecule has 80 valence electrons. The molecule has 4 heteroatoms. The van der Waals surface area contributed by atoms with E-state index in [2.05, 4.69) is 0 Å². The van der Waals surface area contributed by atoms with E-state index in [1.807, 2.05) is 6.92 Å². The molecule has 0 aliphatic rings. The minimum Gasteiger partial charge on any atom is -0.480 e. The van der Waals surface area contributed by atoms with E-state index in [-0.39, 0.29) is 6.54 Å². The Morgan fingerprint density at radius 3 is 2.67 bits per heavy atom. The average Bonchev–Trinajstić information content (AvgIpc) is 2.16. The predicted octanol–water partition coefficient (Wildman–Crippen LogP) is 1.33. The second-order valence-corrected chi connectivity index (χ2v) is 3.41. The molecule has 1 aromatic carbocycles. The van der Waals surface area contributed by atoms with Crippen LogP contribution in [0.3, 0.4) is 0 Å². The number of rotatable bonds is 4. The number of hydrogen-bond acceptors (Lipinski definition) is 3. The number of benzene rings is 1. The highest BCUT2D eigenvalue weighted by molar-refractivity contribution is 5.79. The molecule has 0 bridgehead atoms. The van der Waals surface area contributed by atoms with Crippen LogP contribution in [0.4, 0.5) is 5.69 Å². The summed E-state index contributed by atoms with van der Waals surface area (Å²) in [7, 11) is 1.70. The molecular weight excluding hydrogens is 194 g/mol. The van der Waals surface area contributed by atoms with Crippen molar-refractivity contribution < 1.29 is 14.7 Å². The molecule has 0 unspecified atom stereocenters. The van der Waals surface area contributed by atoms with Crippen LogP contribution >= 0.6 is 0 Å². The summed E-state index contributed by atoms with van der Waals surface area (Å²) in [5, 5.41) is 8.62. The zero-order chi connectivity index (χ0) is 11.4. The number of hydrogen-bond donors (Lipinski definition) is 1. The number of likely N-dealkylation sites (N-methyl/N-ethyl adjacent to an activating group) is 1. The highest BCUT2D eigenvalue weighted by Gasteiger charge is 2.06. The van der Waals surface area contributed by atoms with Crippen molar-refractivity contribution >= 4 is 17.9 Å². The normalized spacial score (nSPS) is 9.73. The Hall–Kier alpha value is -1.84. The van der Waals surface area contributed by atoms with Crippen LogP contribution in [0.25, 0.3) is 0 Å². The Bertz CT molecular complexity index is 387. The van der Waals surface area contributed by atoms with Gasteiger partial charge in [0.15, 0.2) is 0 Å². The van der Waals surface area contributed by atoms with Gasteiger partial charge < -0.3 is 10.0 Å². The number of carbonyl (C=O) groups is 2. The number of aliphatic carboxylic acids is 1. The summed E-state index contributed by atoms with van der Waals surface area (Å²) >= 11 is 0. The molecule has 1 aromatic rings. The van der Waals surface area contributed by atoms with Gasteiger partial charge in [-0.05, 0) is 30.7 Å². The summed E-state index contributed by atoms with van der Waals surface area (Å²) in [5.74, 6) is -0.880. The molecule has 0 aliphatic carbocycles. The zero-order valence-electron chi connectivity index (χ0n) is 8.73. The Labute approximate surface area is 88.1 Å². The minimum atomic E-state index is -0.880. The summed E-state index contributed by atoms with van der Waals surface area (Å²) in [6, 6.07) is 5.22. The van der Waals surface area contributed by atoms with Crippen molar-refractivity contribution in [3.63, 3.8) is 0 Å².